The normalized spacial score (nSPS) is 11.0. The molecule has 2 aromatic rings. The molecule has 0 saturated heterocycles. The number of rotatable bonds is 2. The monoisotopic (exact) mass is 315 g/mol. The first-order chi connectivity index (χ1) is 7.93. The van der Waals surface area contributed by atoms with Crippen molar-refractivity contribution < 1.29 is 13.2 Å². The van der Waals surface area contributed by atoms with E-state index < -0.39 is 11.7 Å². The Balaban J connectivity index is 0.00000162. The first-order valence-corrected chi connectivity index (χ1v) is 5.09. The average Bonchev–Trinajstić information content (AvgIpc) is 2.55. The number of nitrogens with zero attached hydrogens (tertiary/aromatic N) is 2. The van der Waals surface area contributed by atoms with Crippen molar-refractivity contribution in [2.45, 2.75) is 12.7 Å². The molecule has 0 saturated carbocycles. The third-order valence-electron chi connectivity index (χ3n) is 2.65. The van der Waals surface area contributed by atoms with E-state index in [0.717, 1.165) is 18.0 Å². The Bertz CT molecular complexity index is 552. The smallest absolute Gasteiger partial charge is 0.331 e. The average molecular weight is 316 g/mol. The number of nitrogens with one attached hydrogen (secondary N) is 1. The summed E-state index contributed by atoms with van der Waals surface area (Å²) in [5.74, 6) is 0. The van der Waals surface area contributed by atoms with Gasteiger partial charge in [-0.1, -0.05) is 0 Å². The van der Waals surface area contributed by atoms with Crippen molar-refractivity contribution in [3.8, 4) is 0 Å². The van der Waals surface area contributed by atoms with Crippen molar-refractivity contribution in [2.75, 3.05) is 7.05 Å². The quantitative estimate of drug-likeness (QED) is 0.922. The van der Waals surface area contributed by atoms with E-state index in [2.05, 4.69) is 10.3 Å². The standard InChI is InChI=1S/C11H12F3N3.2ClH/c1-15-6-9-4-7-3-8(11(12,13)14)5-16-10(7)17(9)2;;/h3-5,15H,6H2,1-2H3;2*1H. The van der Waals surface area contributed by atoms with Crippen LogP contribution in [-0.2, 0) is 19.8 Å². The van der Waals surface area contributed by atoms with Gasteiger partial charge in [0.25, 0.3) is 0 Å². The molecule has 0 spiro atoms. The van der Waals surface area contributed by atoms with Crippen molar-refractivity contribution in [3.05, 3.63) is 29.6 Å². The van der Waals surface area contributed by atoms with Gasteiger partial charge in [-0.2, -0.15) is 13.2 Å². The summed E-state index contributed by atoms with van der Waals surface area (Å²) in [6.07, 6.45) is -3.48. The molecule has 0 aromatic carbocycles. The molecular weight excluding hydrogens is 302 g/mol. The van der Waals surface area contributed by atoms with E-state index in [-0.39, 0.29) is 24.8 Å². The maximum Gasteiger partial charge on any atom is 0.417 e. The lowest BCUT2D eigenvalue weighted by Gasteiger charge is -2.06. The highest BCUT2D eigenvalue weighted by Gasteiger charge is 2.31. The molecule has 108 valence electrons. The molecule has 2 rings (SSSR count). The van der Waals surface area contributed by atoms with E-state index in [1.165, 1.54) is 0 Å². The van der Waals surface area contributed by atoms with Crippen LogP contribution in [0.25, 0.3) is 11.0 Å². The lowest BCUT2D eigenvalue weighted by atomic mass is 10.2. The van der Waals surface area contributed by atoms with Crippen LogP contribution in [0.4, 0.5) is 13.2 Å². The minimum Gasteiger partial charge on any atom is -0.331 e. The zero-order chi connectivity index (χ0) is 12.6. The van der Waals surface area contributed by atoms with Crippen LogP contribution in [0.2, 0.25) is 0 Å². The molecule has 0 atom stereocenters. The molecule has 0 bridgehead atoms. The number of halogens is 5. The molecule has 8 heteroatoms. The van der Waals surface area contributed by atoms with Crippen LogP contribution in [0.15, 0.2) is 18.3 Å². The van der Waals surface area contributed by atoms with Gasteiger partial charge in [0.15, 0.2) is 0 Å². The maximum atomic E-state index is 12.5. The van der Waals surface area contributed by atoms with E-state index in [1.807, 2.05) is 0 Å². The molecule has 19 heavy (non-hydrogen) atoms. The number of hydrogen-bond donors (Lipinski definition) is 1. The highest BCUT2D eigenvalue weighted by Crippen LogP contribution is 2.31. The second kappa shape index (κ2) is 6.45. The van der Waals surface area contributed by atoms with Crippen molar-refractivity contribution >= 4 is 35.8 Å². The van der Waals surface area contributed by atoms with Crippen LogP contribution in [0, 0.1) is 0 Å². The third-order valence-corrected chi connectivity index (χ3v) is 2.65. The lowest BCUT2D eigenvalue weighted by Crippen LogP contribution is -2.09. The number of pyridine rings is 1. The van der Waals surface area contributed by atoms with Gasteiger partial charge < -0.3 is 9.88 Å². The zero-order valence-corrected chi connectivity index (χ0v) is 11.9. The van der Waals surface area contributed by atoms with Gasteiger partial charge in [-0.15, -0.1) is 24.8 Å². The van der Waals surface area contributed by atoms with E-state index >= 15 is 0 Å². The number of fused-ring (bicyclic) bond motifs is 1. The van der Waals surface area contributed by atoms with Crippen molar-refractivity contribution in [1.82, 2.24) is 14.9 Å². The summed E-state index contributed by atoms with van der Waals surface area (Å²) in [5, 5.41) is 3.47. The number of alkyl halides is 3. The van der Waals surface area contributed by atoms with E-state index in [1.54, 1.807) is 24.7 Å². The second-order valence-corrected chi connectivity index (χ2v) is 3.86. The van der Waals surface area contributed by atoms with Crippen molar-refractivity contribution in [3.63, 3.8) is 0 Å². The fourth-order valence-electron chi connectivity index (χ4n) is 1.78. The Morgan fingerprint density at radius 3 is 2.42 bits per heavy atom. The van der Waals surface area contributed by atoms with Gasteiger partial charge in [-0.3, -0.25) is 0 Å². The SMILES string of the molecule is CNCc1cc2cc(C(F)(F)F)cnc2n1C.Cl.Cl. The molecule has 0 aliphatic carbocycles. The molecule has 2 aromatic heterocycles. The Morgan fingerprint density at radius 2 is 1.89 bits per heavy atom. The lowest BCUT2D eigenvalue weighted by molar-refractivity contribution is -0.137. The van der Waals surface area contributed by atoms with Crippen LogP contribution in [0.3, 0.4) is 0 Å². The maximum absolute atomic E-state index is 12.5. The summed E-state index contributed by atoms with van der Waals surface area (Å²) in [7, 11) is 3.57. The van der Waals surface area contributed by atoms with Crippen LogP contribution < -0.4 is 5.32 Å². The van der Waals surface area contributed by atoms with Gasteiger partial charge in [-0.05, 0) is 19.2 Å². The molecule has 0 aliphatic heterocycles. The molecule has 0 radical (unpaired) electrons. The molecule has 0 unspecified atom stereocenters. The zero-order valence-electron chi connectivity index (χ0n) is 10.3. The van der Waals surface area contributed by atoms with Crippen LogP contribution in [0.5, 0.6) is 0 Å². The molecule has 3 nitrogen and oxygen atoms in total. The van der Waals surface area contributed by atoms with E-state index in [4.69, 9.17) is 0 Å². The van der Waals surface area contributed by atoms with Crippen molar-refractivity contribution in [2.24, 2.45) is 7.05 Å². The molecule has 0 fully saturated rings. The minimum atomic E-state index is -4.35. The van der Waals surface area contributed by atoms with Gasteiger partial charge in [0.1, 0.15) is 5.65 Å². The Labute approximate surface area is 121 Å². The fraction of sp³-hybridized carbons (Fsp3) is 0.364. The summed E-state index contributed by atoms with van der Waals surface area (Å²) in [4.78, 5) is 3.87. The Kier molecular flexibility index (Phi) is 6.12. The summed E-state index contributed by atoms with van der Waals surface area (Å²) >= 11 is 0. The highest BCUT2D eigenvalue weighted by atomic mass is 35.5. The fourth-order valence-corrected chi connectivity index (χ4v) is 1.78. The van der Waals surface area contributed by atoms with Gasteiger partial charge in [-0.25, -0.2) is 4.98 Å². The van der Waals surface area contributed by atoms with Crippen LogP contribution in [-0.4, -0.2) is 16.6 Å². The second-order valence-electron chi connectivity index (χ2n) is 3.86. The van der Waals surface area contributed by atoms with Gasteiger partial charge in [0.05, 0.1) is 5.56 Å². The minimum absolute atomic E-state index is 0. The molecule has 2 heterocycles. The molecule has 1 N–H and O–H groups in total. The number of aryl methyl sites for hydroxylation is 1. The predicted molar refractivity (Wildman–Crippen MR) is 73.0 cm³/mol. The summed E-state index contributed by atoms with van der Waals surface area (Å²) in [6.45, 7) is 0.591. The van der Waals surface area contributed by atoms with Crippen LogP contribution in [0.1, 0.15) is 11.3 Å². The Morgan fingerprint density at radius 1 is 1.26 bits per heavy atom. The number of hydrogen-bond acceptors (Lipinski definition) is 2. The highest BCUT2D eigenvalue weighted by molar-refractivity contribution is 5.85. The molecular formula is C11H14Cl2F3N3. The van der Waals surface area contributed by atoms with E-state index in [0.29, 0.717) is 17.6 Å². The summed E-state index contributed by atoms with van der Waals surface area (Å²) < 4.78 is 39.3. The van der Waals surface area contributed by atoms with Crippen molar-refractivity contribution in [1.29, 1.82) is 0 Å². The number of aromatic nitrogens is 2. The molecule has 0 amide bonds. The third kappa shape index (κ3) is 3.52. The van der Waals surface area contributed by atoms with Gasteiger partial charge in [0, 0.05) is 30.9 Å². The van der Waals surface area contributed by atoms with E-state index in [9.17, 15) is 13.2 Å². The first-order valence-electron chi connectivity index (χ1n) is 5.09. The largest absolute Gasteiger partial charge is 0.417 e. The molecule has 0 aliphatic rings. The predicted octanol–water partition coefficient (Wildman–Crippen LogP) is 3.16. The van der Waals surface area contributed by atoms with Crippen LogP contribution >= 0.6 is 24.8 Å². The van der Waals surface area contributed by atoms with Gasteiger partial charge in [0.2, 0.25) is 0 Å². The summed E-state index contributed by atoms with van der Waals surface area (Å²) in [5.41, 5.74) is 0.740. The van der Waals surface area contributed by atoms with Gasteiger partial charge >= 0.3 is 6.18 Å². The first kappa shape index (κ1) is 18.0. The Hall–Kier alpha value is -0.980. The topological polar surface area (TPSA) is 29.9 Å². The summed E-state index contributed by atoms with van der Waals surface area (Å²) in [6, 6.07) is 2.84.